The predicted molar refractivity (Wildman–Crippen MR) is 171 cm³/mol. The Bertz CT molecular complexity index is 1760. The zero-order chi connectivity index (χ0) is 33.7. The number of aliphatic carboxylic acids is 1. The summed E-state index contributed by atoms with van der Waals surface area (Å²) < 4.78 is 16.9. The van der Waals surface area contributed by atoms with Crippen molar-refractivity contribution in [2.24, 2.45) is 5.92 Å². The first-order valence-corrected chi connectivity index (χ1v) is 15.1. The van der Waals surface area contributed by atoms with Crippen molar-refractivity contribution in [1.29, 1.82) is 0 Å². The van der Waals surface area contributed by atoms with Crippen molar-refractivity contribution in [3.63, 3.8) is 0 Å². The Morgan fingerprint density at radius 2 is 1.81 bits per heavy atom. The Hall–Kier alpha value is -4.56. The van der Waals surface area contributed by atoms with Gasteiger partial charge in [-0.3, -0.25) is 10.1 Å². The fraction of sp³-hybridized carbons (Fsp3) is 0.314. The fourth-order valence-corrected chi connectivity index (χ4v) is 5.41. The summed E-state index contributed by atoms with van der Waals surface area (Å²) in [6.07, 6.45) is -3.65. The molecule has 1 saturated heterocycles. The number of fused-ring (bicyclic) bond motifs is 1. The number of aromatic hydroxyl groups is 1. The predicted octanol–water partition coefficient (Wildman–Crippen LogP) is 2.84. The van der Waals surface area contributed by atoms with Crippen LogP contribution >= 0.6 is 0 Å². The van der Waals surface area contributed by atoms with E-state index in [2.05, 4.69) is 5.32 Å². The topological polar surface area (TPSA) is 199 Å². The van der Waals surface area contributed by atoms with Crippen molar-refractivity contribution < 1.29 is 49.3 Å². The molecule has 0 aliphatic carbocycles. The number of aliphatic hydroxyl groups excluding tert-OH is 3. The average molecular weight is 648 g/mol. The summed E-state index contributed by atoms with van der Waals surface area (Å²) in [6.45, 7) is 2.20. The molecule has 12 nitrogen and oxygen atoms in total. The van der Waals surface area contributed by atoms with Gasteiger partial charge in [-0.05, 0) is 60.7 Å². The first kappa shape index (κ1) is 33.8. The van der Waals surface area contributed by atoms with Crippen LogP contribution in [0.25, 0.3) is 28.2 Å². The summed E-state index contributed by atoms with van der Waals surface area (Å²) >= 11 is 0. The van der Waals surface area contributed by atoms with E-state index in [1.165, 1.54) is 36.6 Å². The van der Waals surface area contributed by atoms with Gasteiger partial charge in [0.05, 0.1) is 10.9 Å². The number of hydrogen-bond acceptors (Lipinski definition) is 11. The van der Waals surface area contributed by atoms with Crippen LogP contribution in [-0.4, -0.2) is 79.6 Å². The van der Waals surface area contributed by atoms with Crippen LogP contribution in [0.2, 0.25) is 0 Å². The lowest BCUT2D eigenvalue weighted by molar-refractivity contribution is -0.338. The minimum Gasteiger partial charge on any atom is -0.508 e. The molecule has 0 radical (unpaired) electrons. The number of phenols is 1. The van der Waals surface area contributed by atoms with Crippen LogP contribution in [0.4, 0.5) is 0 Å². The number of benzene rings is 3. The van der Waals surface area contributed by atoms with Crippen LogP contribution in [-0.2, 0) is 9.53 Å². The molecule has 248 valence electrons. The van der Waals surface area contributed by atoms with Crippen LogP contribution in [0.15, 0.2) is 94.3 Å². The maximum Gasteiger partial charge on any atom is 0.335 e. The largest absolute Gasteiger partial charge is 0.508 e. The van der Waals surface area contributed by atoms with Crippen LogP contribution in [0.5, 0.6) is 11.5 Å². The van der Waals surface area contributed by atoms with Crippen LogP contribution in [0.1, 0.15) is 25.3 Å². The van der Waals surface area contributed by atoms with Gasteiger partial charge in [0, 0.05) is 6.07 Å². The lowest BCUT2D eigenvalue weighted by atomic mass is 9.84. The first-order chi connectivity index (χ1) is 22.5. The fourth-order valence-electron chi connectivity index (χ4n) is 5.41. The third kappa shape index (κ3) is 7.38. The smallest absolute Gasteiger partial charge is 0.335 e. The van der Waals surface area contributed by atoms with E-state index in [9.17, 15) is 40.2 Å². The van der Waals surface area contributed by atoms with Gasteiger partial charge in [-0.1, -0.05) is 61.5 Å². The van der Waals surface area contributed by atoms with Crippen molar-refractivity contribution in [1.82, 2.24) is 5.32 Å². The number of ether oxygens (including phenoxy) is 2. The molecule has 1 aliphatic heterocycles. The molecule has 4 aromatic rings. The molecule has 47 heavy (non-hydrogen) atoms. The van der Waals surface area contributed by atoms with Crippen molar-refractivity contribution in [3.8, 4) is 22.6 Å². The molecule has 0 spiro atoms. The van der Waals surface area contributed by atoms with Gasteiger partial charge in [-0.2, -0.15) is 0 Å². The third-order valence-electron chi connectivity index (χ3n) is 8.23. The molecular formula is C35H37NO11. The van der Waals surface area contributed by atoms with E-state index in [1.54, 1.807) is 12.1 Å². The molecule has 7 atom stereocenters. The minimum atomic E-state index is -2.74. The van der Waals surface area contributed by atoms with Crippen molar-refractivity contribution in [2.75, 3.05) is 6.54 Å². The standard InChI is InChI=1S/C35H37NO11/c1-20(6-5-9-21-7-3-2-4-8-21)16-17-36-33(43)35(44)31(40)29(39)30(32(41)42)47-34(35)46-24-14-15-25-27(18-24)45-19-26(28(25)38)22-10-12-23(37)13-11-22/h2-5,7-15,18-20,29-31,33-34,36-37,39-40,43-44H,6,16-17H2,1H3,(H,41,42)/b9-5+/t20-,29+,30-,31-,33+,34+,35-/m0/s1. The molecule has 1 aromatic heterocycles. The first-order valence-electron chi connectivity index (χ1n) is 15.1. The maximum atomic E-state index is 13.2. The van der Waals surface area contributed by atoms with Gasteiger partial charge < -0.3 is 44.5 Å². The molecule has 0 saturated carbocycles. The van der Waals surface area contributed by atoms with E-state index in [1.807, 2.05) is 49.4 Å². The average Bonchev–Trinajstić information content (AvgIpc) is 3.06. The number of rotatable bonds is 12. The van der Waals surface area contributed by atoms with Crippen LogP contribution in [0, 0.1) is 5.92 Å². The highest BCUT2D eigenvalue weighted by Crippen LogP contribution is 2.35. The lowest BCUT2D eigenvalue weighted by Crippen LogP contribution is -2.75. The molecule has 5 rings (SSSR count). The van der Waals surface area contributed by atoms with E-state index in [4.69, 9.17) is 13.9 Å². The summed E-state index contributed by atoms with van der Waals surface area (Å²) in [5, 5.41) is 66.2. The lowest BCUT2D eigenvalue weighted by Gasteiger charge is -2.48. The Morgan fingerprint density at radius 1 is 1.09 bits per heavy atom. The normalized spacial score (nSPS) is 24.3. The number of carbonyl (C=O) groups is 1. The second-order valence-corrected chi connectivity index (χ2v) is 11.7. The van der Waals surface area contributed by atoms with Gasteiger partial charge >= 0.3 is 5.97 Å². The second-order valence-electron chi connectivity index (χ2n) is 11.7. The zero-order valence-corrected chi connectivity index (χ0v) is 25.5. The van der Waals surface area contributed by atoms with Gasteiger partial charge in [0.25, 0.3) is 0 Å². The highest BCUT2D eigenvalue weighted by atomic mass is 16.7. The number of phenolic OH excluding ortho intramolecular Hbond substituents is 1. The molecule has 0 unspecified atom stereocenters. The van der Waals surface area contributed by atoms with Crippen LogP contribution < -0.4 is 15.5 Å². The highest BCUT2D eigenvalue weighted by Gasteiger charge is 2.61. The molecular weight excluding hydrogens is 610 g/mol. The Balaban J connectivity index is 1.32. The van der Waals surface area contributed by atoms with E-state index in [0.29, 0.717) is 12.0 Å². The van der Waals surface area contributed by atoms with Gasteiger partial charge in [0.2, 0.25) is 6.29 Å². The van der Waals surface area contributed by atoms with Crippen molar-refractivity contribution >= 4 is 23.0 Å². The summed E-state index contributed by atoms with van der Waals surface area (Å²) in [6, 6.07) is 19.9. The Labute approximate surface area is 269 Å². The molecule has 1 aliphatic rings. The highest BCUT2D eigenvalue weighted by molar-refractivity contribution is 5.82. The van der Waals surface area contributed by atoms with Crippen molar-refractivity contribution in [3.05, 3.63) is 101 Å². The van der Waals surface area contributed by atoms with Crippen LogP contribution in [0.3, 0.4) is 0 Å². The van der Waals surface area contributed by atoms with Gasteiger partial charge in [-0.25, -0.2) is 4.79 Å². The quantitative estimate of drug-likeness (QED) is 0.111. The summed E-state index contributed by atoms with van der Waals surface area (Å²) in [4.78, 5) is 25.0. The molecule has 2 heterocycles. The summed E-state index contributed by atoms with van der Waals surface area (Å²) in [5.74, 6) is -1.47. The molecule has 3 aromatic carbocycles. The second kappa shape index (κ2) is 14.5. The molecule has 1 fully saturated rings. The Morgan fingerprint density at radius 3 is 2.51 bits per heavy atom. The zero-order valence-electron chi connectivity index (χ0n) is 25.5. The maximum absolute atomic E-state index is 13.2. The molecule has 7 N–H and O–H groups in total. The monoisotopic (exact) mass is 647 g/mol. The van der Waals surface area contributed by atoms with Gasteiger partial charge in [-0.15, -0.1) is 0 Å². The number of nitrogens with one attached hydrogen (secondary N) is 1. The number of carboxylic acids is 1. The molecule has 12 heteroatoms. The van der Waals surface area contributed by atoms with E-state index in [0.717, 1.165) is 12.0 Å². The van der Waals surface area contributed by atoms with E-state index >= 15 is 0 Å². The number of aliphatic hydroxyl groups is 4. The SMILES string of the molecule is C[C@@H](C/C=C/c1ccccc1)CCN[C@H](O)[C@]1(O)[C@H](Oc2ccc3c(=O)c(-c4ccc(O)cc4)coc3c2)O[C@H](C(=O)O)[C@@H](O)[C@@H]1O. The Kier molecular flexibility index (Phi) is 10.4. The molecule has 0 bridgehead atoms. The number of hydrogen-bond donors (Lipinski definition) is 7. The minimum absolute atomic E-state index is 0.0372. The number of carboxylic acid groups (broad SMARTS) is 1. The molecule has 0 amide bonds. The third-order valence-corrected chi connectivity index (χ3v) is 8.23. The van der Waals surface area contributed by atoms with Gasteiger partial charge in [0.1, 0.15) is 41.8 Å². The number of allylic oxidation sites excluding steroid dienone is 1. The summed E-state index contributed by atoms with van der Waals surface area (Å²) in [5.41, 5.74) is -1.19. The van der Waals surface area contributed by atoms with Gasteiger partial charge in [0.15, 0.2) is 17.1 Å². The van der Waals surface area contributed by atoms with E-state index < -0.39 is 42.4 Å². The van der Waals surface area contributed by atoms with Crippen molar-refractivity contribution in [2.45, 2.75) is 56.2 Å². The summed E-state index contributed by atoms with van der Waals surface area (Å²) in [7, 11) is 0. The van der Waals surface area contributed by atoms with E-state index in [-0.39, 0.29) is 45.9 Å².